The first-order valence-corrected chi connectivity index (χ1v) is 16.6. The van der Waals surface area contributed by atoms with E-state index in [2.05, 4.69) is 46.2 Å². The Kier molecular flexibility index (Phi) is 11.3. The molecule has 0 aromatic rings. The summed E-state index contributed by atoms with van der Waals surface area (Å²) in [6.45, 7) is 17.8. The molecular formula is C14H36O5Si3. The Labute approximate surface area is 140 Å². The standard InChI is InChI=1S/C14H36O5Si3/c1-14(8-10-16-12-13-17-11-9-15)20(18-21(2,3)4)19-22(5,6)7/h14-15,20H,8-13H2,1-7H3. The lowest BCUT2D eigenvalue weighted by molar-refractivity contribution is 0.0320. The van der Waals surface area contributed by atoms with Gasteiger partial charge in [-0.15, -0.1) is 0 Å². The van der Waals surface area contributed by atoms with E-state index in [1.165, 1.54) is 0 Å². The van der Waals surface area contributed by atoms with Crippen LogP contribution < -0.4 is 0 Å². The molecule has 1 N–H and O–H groups in total. The molecule has 0 rings (SSSR count). The fourth-order valence-electron chi connectivity index (χ4n) is 1.75. The highest BCUT2D eigenvalue weighted by molar-refractivity contribution is 6.81. The van der Waals surface area contributed by atoms with Crippen LogP contribution in [-0.4, -0.2) is 64.1 Å². The maximum absolute atomic E-state index is 8.61. The minimum absolute atomic E-state index is 0.0619. The maximum atomic E-state index is 8.61. The number of aliphatic hydroxyl groups excluding tert-OH is 1. The van der Waals surface area contributed by atoms with Crippen molar-refractivity contribution in [3.63, 3.8) is 0 Å². The zero-order chi connectivity index (χ0) is 17.2. The minimum Gasteiger partial charge on any atom is -0.439 e. The van der Waals surface area contributed by atoms with E-state index in [-0.39, 0.29) is 6.61 Å². The average Bonchev–Trinajstić information content (AvgIpc) is 2.33. The molecule has 0 fully saturated rings. The van der Waals surface area contributed by atoms with Crippen LogP contribution in [0.5, 0.6) is 0 Å². The minimum atomic E-state index is -1.67. The molecule has 0 aromatic carbocycles. The Balaban J connectivity index is 4.14. The Morgan fingerprint density at radius 3 is 1.68 bits per heavy atom. The predicted octanol–water partition coefficient (Wildman–Crippen LogP) is 2.72. The fraction of sp³-hybridized carbons (Fsp3) is 1.00. The van der Waals surface area contributed by atoms with E-state index in [1.54, 1.807) is 0 Å². The van der Waals surface area contributed by atoms with E-state index in [1.807, 2.05) is 0 Å². The molecule has 0 saturated heterocycles. The summed E-state index contributed by atoms with van der Waals surface area (Å²) >= 11 is 0. The maximum Gasteiger partial charge on any atom is 0.303 e. The molecule has 22 heavy (non-hydrogen) atoms. The quantitative estimate of drug-likeness (QED) is 0.400. The monoisotopic (exact) mass is 368 g/mol. The number of hydrogen-bond donors (Lipinski definition) is 1. The van der Waals surface area contributed by atoms with Crippen LogP contribution >= 0.6 is 0 Å². The second kappa shape index (κ2) is 11.1. The second-order valence-corrected chi connectivity index (χ2v) is 19.8. The largest absolute Gasteiger partial charge is 0.439 e. The third-order valence-electron chi connectivity index (χ3n) is 2.73. The van der Waals surface area contributed by atoms with E-state index in [0.717, 1.165) is 6.42 Å². The fourth-order valence-corrected chi connectivity index (χ4v) is 10.2. The van der Waals surface area contributed by atoms with Gasteiger partial charge in [0.25, 0.3) is 0 Å². The zero-order valence-electron chi connectivity index (χ0n) is 15.5. The molecule has 1 atom stereocenters. The summed E-state index contributed by atoms with van der Waals surface area (Å²) in [5.74, 6) is 0. The van der Waals surface area contributed by atoms with Crippen molar-refractivity contribution in [1.82, 2.24) is 0 Å². The molecule has 5 nitrogen and oxygen atoms in total. The van der Waals surface area contributed by atoms with E-state index in [9.17, 15) is 0 Å². The smallest absolute Gasteiger partial charge is 0.303 e. The summed E-state index contributed by atoms with van der Waals surface area (Å²) in [4.78, 5) is 0. The van der Waals surface area contributed by atoms with Crippen LogP contribution in [0.1, 0.15) is 13.3 Å². The molecule has 0 amide bonds. The van der Waals surface area contributed by atoms with E-state index >= 15 is 0 Å². The van der Waals surface area contributed by atoms with Crippen LogP contribution in [0.3, 0.4) is 0 Å². The van der Waals surface area contributed by atoms with Crippen molar-refractivity contribution in [3.8, 4) is 0 Å². The van der Waals surface area contributed by atoms with Crippen molar-refractivity contribution in [3.05, 3.63) is 0 Å². The van der Waals surface area contributed by atoms with Gasteiger partial charge in [0.2, 0.25) is 0 Å². The zero-order valence-corrected chi connectivity index (χ0v) is 18.6. The Morgan fingerprint density at radius 2 is 1.27 bits per heavy atom. The number of rotatable bonds is 13. The Bertz CT molecular complexity index is 263. The van der Waals surface area contributed by atoms with Crippen molar-refractivity contribution >= 4 is 25.9 Å². The lowest BCUT2D eigenvalue weighted by atomic mass is 10.3. The van der Waals surface area contributed by atoms with Crippen LogP contribution in [0.25, 0.3) is 0 Å². The van der Waals surface area contributed by atoms with Crippen molar-refractivity contribution in [2.45, 2.75) is 58.2 Å². The molecule has 0 bridgehead atoms. The Morgan fingerprint density at radius 1 is 0.818 bits per heavy atom. The van der Waals surface area contributed by atoms with Crippen molar-refractivity contribution in [2.75, 3.05) is 33.0 Å². The van der Waals surface area contributed by atoms with E-state index < -0.39 is 25.9 Å². The van der Waals surface area contributed by atoms with Crippen molar-refractivity contribution in [1.29, 1.82) is 0 Å². The summed E-state index contributed by atoms with van der Waals surface area (Å²) < 4.78 is 23.5. The predicted molar refractivity (Wildman–Crippen MR) is 98.8 cm³/mol. The molecule has 1 unspecified atom stereocenters. The molecule has 0 radical (unpaired) electrons. The summed E-state index contributed by atoms with van der Waals surface area (Å²) in [6, 6.07) is 0. The Hall–Kier alpha value is 0.451. The lowest BCUT2D eigenvalue weighted by Crippen LogP contribution is -2.45. The number of aliphatic hydroxyl groups is 1. The van der Waals surface area contributed by atoms with Gasteiger partial charge >= 0.3 is 9.28 Å². The van der Waals surface area contributed by atoms with Gasteiger partial charge in [-0.2, -0.15) is 0 Å². The van der Waals surface area contributed by atoms with Crippen LogP contribution in [-0.2, 0) is 17.7 Å². The molecule has 8 heteroatoms. The van der Waals surface area contributed by atoms with Crippen LogP contribution in [0.2, 0.25) is 44.8 Å². The van der Waals surface area contributed by atoms with Gasteiger partial charge < -0.3 is 22.8 Å². The molecular weight excluding hydrogens is 332 g/mol. The summed E-state index contributed by atoms with van der Waals surface area (Å²) in [7, 11) is -4.82. The van der Waals surface area contributed by atoms with Gasteiger partial charge in [-0.25, -0.2) is 0 Å². The SMILES string of the molecule is CC(CCOCCOCCO)[SiH](O[Si](C)(C)C)O[Si](C)(C)C. The van der Waals surface area contributed by atoms with Gasteiger partial charge in [0, 0.05) is 6.61 Å². The molecule has 0 aromatic heterocycles. The molecule has 134 valence electrons. The summed E-state index contributed by atoms with van der Waals surface area (Å²) in [6.07, 6.45) is 0.964. The first-order valence-electron chi connectivity index (χ1n) is 8.17. The normalized spacial score (nSPS) is 14.6. The van der Waals surface area contributed by atoms with Gasteiger partial charge in [-0.3, -0.25) is 0 Å². The van der Waals surface area contributed by atoms with Crippen molar-refractivity contribution in [2.24, 2.45) is 0 Å². The topological polar surface area (TPSA) is 57.2 Å². The molecule has 0 spiro atoms. The highest BCUT2D eigenvalue weighted by atomic mass is 28.4. The average molecular weight is 369 g/mol. The summed E-state index contributed by atoms with van der Waals surface area (Å²) in [5, 5.41) is 8.61. The molecule has 0 saturated carbocycles. The van der Waals surface area contributed by atoms with Gasteiger partial charge in [0.1, 0.15) is 0 Å². The highest BCUT2D eigenvalue weighted by Crippen LogP contribution is 2.23. The van der Waals surface area contributed by atoms with E-state index in [0.29, 0.717) is 32.0 Å². The molecule has 0 aliphatic carbocycles. The van der Waals surface area contributed by atoms with Gasteiger partial charge in [-0.1, -0.05) is 6.92 Å². The van der Waals surface area contributed by atoms with Crippen molar-refractivity contribution < 1.29 is 22.8 Å². The number of hydrogen-bond acceptors (Lipinski definition) is 5. The molecule has 0 aliphatic rings. The first-order chi connectivity index (χ1) is 10.0. The second-order valence-electron chi connectivity index (χ2n) is 7.54. The third kappa shape index (κ3) is 14.1. The lowest BCUT2D eigenvalue weighted by Gasteiger charge is -2.34. The number of ether oxygens (including phenoxy) is 2. The van der Waals surface area contributed by atoms with Crippen LogP contribution in [0.15, 0.2) is 0 Å². The highest BCUT2D eigenvalue weighted by Gasteiger charge is 2.32. The molecule has 0 aliphatic heterocycles. The van der Waals surface area contributed by atoms with Crippen LogP contribution in [0.4, 0.5) is 0 Å². The molecule has 0 heterocycles. The van der Waals surface area contributed by atoms with Crippen LogP contribution in [0, 0.1) is 0 Å². The van der Waals surface area contributed by atoms with Gasteiger partial charge in [-0.05, 0) is 51.2 Å². The van der Waals surface area contributed by atoms with E-state index in [4.69, 9.17) is 22.8 Å². The van der Waals surface area contributed by atoms with Gasteiger partial charge in [0.15, 0.2) is 16.6 Å². The first kappa shape index (κ1) is 22.5. The third-order valence-corrected chi connectivity index (χ3v) is 11.5. The summed E-state index contributed by atoms with van der Waals surface area (Å²) in [5.41, 5.74) is 0.441. The van der Waals surface area contributed by atoms with Gasteiger partial charge in [0.05, 0.1) is 26.4 Å².